The molecule has 0 saturated heterocycles. The van der Waals surface area contributed by atoms with Gasteiger partial charge < -0.3 is 9.74 Å². The molecule has 110 valence electrons. The summed E-state index contributed by atoms with van der Waals surface area (Å²) < 4.78 is 0. The van der Waals surface area contributed by atoms with E-state index in [1.807, 2.05) is 24.3 Å². The van der Waals surface area contributed by atoms with E-state index in [1.165, 1.54) is 5.56 Å². The van der Waals surface area contributed by atoms with Crippen LogP contribution in [0.25, 0.3) is 6.08 Å². The second-order valence-electron chi connectivity index (χ2n) is 5.34. The number of nitrogens with zero attached hydrogens (tertiary/aromatic N) is 2. The van der Waals surface area contributed by atoms with E-state index in [2.05, 4.69) is 56.2 Å². The lowest BCUT2D eigenvalue weighted by Crippen LogP contribution is -2.22. The molecule has 1 aromatic carbocycles. The van der Waals surface area contributed by atoms with Crippen LogP contribution in [0.2, 0.25) is 0 Å². The Morgan fingerprint density at radius 2 is 2.00 bits per heavy atom. The highest BCUT2D eigenvalue weighted by atomic mass is 16.6. The van der Waals surface area contributed by atoms with Crippen LogP contribution in [0.3, 0.4) is 0 Å². The third kappa shape index (κ3) is 7.10. The summed E-state index contributed by atoms with van der Waals surface area (Å²) in [7, 11) is 4.14. The molecule has 0 aliphatic heterocycles. The van der Waals surface area contributed by atoms with Crippen molar-refractivity contribution in [2.45, 2.75) is 20.3 Å². The van der Waals surface area contributed by atoms with Gasteiger partial charge in [-0.1, -0.05) is 55.4 Å². The summed E-state index contributed by atoms with van der Waals surface area (Å²) in [5.41, 5.74) is 2.14. The fourth-order valence-electron chi connectivity index (χ4n) is 1.89. The largest absolute Gasteiger partial charge is 0.395 e. The van der Waals surface area contributed by atoms with E-state index in [0.29, 0.717) is 12.5 Å². The monoisotopic (exact) mass is 274 g/mol. The Bertz CT molecular complexity index is 424. The number of hydrogen-bond acceptors (Lipinski definition) is 3. The molecule has 3 nitrogen and oxygen atoms in total. The topological polar surface area (TPSA) is 24.8 Å². The third-order valence-corrected chi connectivity index (χ3v) is 2.85. The molecule has 20 heavy (non-hydrogen) atoms. The van der Waals surface area contributed by atoms with Gasteiger partial charge in [-0.05, 0) is 32.2 Å². The first-order chi connectivity index (χ1) is 9.61. The minimum atomic E-state index is 0.477. The van der Waals surface area contributed by atoms with Crippen LogP contribution in [-0.2, 0) is 4.84 Å². The molecule has 0 radical (unpaired) electrons. The van der Waals surface area contributed by atoms with E-state index in [9.17, 15) is 0 Å². The fraction of sp³-hybridized carbons (Fsp3) is 0.471. The van der Waals surface area contributed by atoms with Gasteiger partial charge in [0.1, 0.15) is 6.61 Å². The normalized spacial score (nSPS) is 13.9. The molecule has 1 rings (SSSR count). The zero-order chi connectivity index (χ0) is 14.8. The minimum Gasteiger partial charge on any atom is -0.395 e. The van der Waals surface area contributed by atoms with Crippen LogP contribution in [0.15, 0.2) is 41.6 Å². The average Bonchev–Trinajstić information content (AvgIpc) is 2.43. The molecule has 0 saturated carbocycles. The lowest BCUT2D eigenvalue weighted by Gasteiger charge is -2.15. The SMILES string of the molecule is CCC(/C=C/c1ccccc1)=N\OC[C@H](C)CN(C)C. The van der Waals surface area contributed by atoms with Crippen molar-refractivity contribution in [2.75, 3.05) is 27.2 Å². The molecule has 0 fully saturated rings. The van der Waals surface area contributed by atoms with Crippen molar-refractivity contribution in [3.63, 3.8) is 0 Å². The van der Waals surface area contributed by atoms with Crippen molar-refractivity contribution >= 4 is 11.8 Å². The minimum absolute atomic E-state index is 0.477. The summed E-state index contributed by atoms with van der Waals surface area (Å²) in [5.74, 6) is 0.477. The maximum atomic E-state index is 5.45. The van der Waals surface area contributed by atoms with E-state index in [-0.39, 0.29) is 0 Å². The van der Waals surface area contributed by atoms with E-state index < -0.39 is 0 Å². The number of hydrogen-bond donors (Lipinski definition) is 0. The van der Waals surface area contributed by atoms with Crippen LogP contribution in [0.4, 0.5) is 0 Å². The molecule has 0 N–H and O–H groups in total. The van der Waals surface area contributed by atoms with Crippen molar-refractivity contribution in [2.24, 2.45) is 11.1 Å². The van der Waals surface area contributed by atoms with Crippen LogP contribution >= 0.6 is 0 Å². The molecule has 0 aromatic heterocycles. The predicted octanol–water partition coefficient (Wildman–Crippen LogP) is 3.68. The van der Waals surface area contributed by atoms with Gasteiger partial charge in [-0.3, -0.25) is 0 Å². The Morgan fingerprint density at radius 1 is 1.30 bits per heavy atom. The summed E-state index contributed by atoms with van der Waals surface area (Å²) in [5, 5.41) is 4.22. The standard InChI is InChI=1S/C17H26N2O/c1-5-17(12-11-16-9-7-6-8-10-16)18-20-14-15(2)13-19(3)4/h6-12,15H,5,13-14H2,1-4H3/b12-11+,18-17+/t15-/m1/s1. The fourth-order valence-corrected chi connectivity index (χ4v) is 1.89. The Morgan fingerprint density at radius 3 is 2.60 bits per heavy atom. The van der Waals surface area contributed by atoms with Gasteiger partial charge in [-0.15, -0.1) is 0 Å². The van der Waals surface area contributed by atoms with Gasteiger partial charge >= 0.3 is 0 Å². The molecule has 0 amide bonds. The molecule has 0 unspecified atom stereocenters. The van der Waals surface area contributed by atoms with Crippen LogP contribution in [0, 0.1) is 5.92 Å². The molecule has 1 atom stereocenters. The Hall–Kier alpha value is -1.61. The Kier molecular flexibility index (Phi) is 7.66. The van der Waals surface area contributed by atoms with Crippen molar-refractivity contribution in [3.8, 4) is 0 Å². The first-order valence-corrected chi connectivity index (χ1v) is 7.18. The number of benzene rings is 1. The predicted molar refractivity (Wildman–Crippen MR) is 86.9 cm³/mol. The summed E-state index contributed by atoms with van der Waals surface area (Å²) in [6, 6.07) is 10.2. The van der Waals surface area contributed by atoms with Gasteiger partial charge in [0.25, 0.3) is 0 Å². The van der Waals surface area contributed by atoms with Crippen molar-refractivity contribution in [1.82, 2.24) is 4.90 Å². The van der Waals surface area contributed by atoms with Gasteiger partial charge in [0, 0.05) is 12.5 Å². The lowest BCUT2D eigenvalue weighted by molar-refractivity contribution is 0.102. The van der Waals surface area contributed by atoms with Crippen molar-refractivity contribution < 1.29 is 4.84 Å². The van der Waals surface area contributed by atoms with Gasteiger partial charge in [0.05, 0.1) is 5.71 Å². The zero-order valence-electron chi connectivity index (χ0n) is 13.0. The van der Waals surface area contributed by atoms with E-state index in [4.69, 9.17) is 4.84 Å². The maximum Gasteiger partial charge on any atom is 0.120 e. The van der Waals surface area contributed by atoms with E-state index in [1.54, 1.807) is 0 Å². The first kappa shape index (κ1) is 16.4. The Balaban J connectivity index is 2.45. The maximum absolute atomic E-state index is 5.45. The van der Waals surface area contributed by atoms with Crippen LogP contribution in [0.5, 0.6) is 0 Å². The third-order valence-electron chi connectivity index (χ3n) is 2.85. The lowest BCUT2D eigenvalue weighted by atomic mass is 10.2. The zero-order valence-corrected chi connectivity index (χ0v) is 13.0. The second-order valence-corrected chi connectivity index (χ2v) is 5.34. The molecule has 0 bridgehead atoms. The molecule has 0 aliphatic rings. The summed E-state index contributed by atoms with van der Waals surface area (Å²) in [6.45, 7) is 5.92. The van der Waals surface area contributed by atoms with E-state index in [0.717, 1.165) is 18.7 Å². The number of oxime groups is 1. The highest BCUT2D eigenvalue weighted by Gasteiger charge is 2.03. The molecule has 0 heterocycles. The summed E-state index contributed by atoms with van der Waals surface area (Å²) in [6.07, 6.45) is 4.95. The first-order valence-electron chi connectivity index (χ1n) is 7.18. The smallest absolute Gasteiger partial charge is 0.120 e. The number of rotatable bonds is 8. The quantitative estimate of drug-likeness (QED) is 0.533. The molecule has 3 heteroatoms. The molecule has 0 spiro atoms. The van der Waals surface area contributed by atoms with Crippen molar-refractivity contribution in [1.29, 1.82) is 0 Å². The van der Waals surface area contributed by atoms with Crippen LogP contribution in [-0.4, -0.2) is 37.9 Å². The molecular formula is C17H26N2O. The van der Waals surface area contributed by atoms with Crippen LogP contribution < -0.4 is 0 Å². The van der Waals surface area contributed by atoms with Gasteiger partial charge in [0.2, 0.25) is 0 Å². The highest BCUT2D eigenvalue weighted by Crippen LogP contribution is 2.03. The summed E-state index contributed by atoms with van der Waals surface area (Å²) in [4.78, 5) is 7.61. The molecular weight excluding hydrogens is 248 g/mol. The Labute approximate surface area is 122 Å². The van der Waals surface area contributed by atoms with Crippen molar-refractivity contribution in [3.05, 3.63) is 42.0 Å². The number of allylic oxidation sites excluding steroid dienone is 1. The van der Waals surface area contributed by atoms with Crippen LogP contribution in [0.1, 0.15) is 25.8 Å². The molecule has 1 aromatic rings. The van der Waals surface area contributed by atoms with Gasteiger partial charge in [0.15, 0.2) is 0 Å². The average molecular weight is 274 g/mol. The summed E-state index contributed by atoms with van der Waals surface area (Å²) >= 11 is 0. The second kappa shape index (κ2) is 9.32. The van der Waals surface area contributed by atoms with Gasteiger partial charge in [-0.2, -0.15) is 0 Å². The van der Waals surface area contributed by atoms with Gasteiger partial charge in [-0.25, -0.2) is 0 Å². The molecule has 0 aliphatic carbocycles. The van der Waals surface area contributed by atoms with E-state index >= 15 is 0 Å². The highest BCUT2D eigenvalue weighted by molar-refractivity contribution is 5.97.